The van der Waals surface area contributed by atoms with E-state index in [1.165, 1.54) is 11.3 Å². The predicted octanol–water partition coefficient (Wildman–Crippen LogP) is 2.93. The highest BCUT2D eigenvalue weighted by Gasteiger charge is 2.21. The first kappa shape index (κ1) is 18.1. The Kier molecular flexibility index (Phi) is 6.31. The number of anilines is 1. The zero-order valence-electron chi connectivity index (χ0n) is 14.6. The van der Waals surface area contributed by atoms with E-state index in [1.54, 1.807) is 0 Å². The summed E-state index contributed by atoms with van der Waals surface area (Å²) < 4.78 is 0. The topological polar surface area (TPSA) is 35.6 Å². The summed E-state index contributed by atoms with van der Waals surface area (Å²) >= 11 is 6.12. The second-order valence-corrected chi connectivity index (χ2v) is 7.23. The lowest BCUT2D eigenvalue weighted by Gasteiger charge is -2.36. The van der Waals surface area contributed by atoms with Gasteiger partial charge in [0.1, 0.15) is 0 Å². The van der Waals surface area contributed by atoms with Crippen molar-refractivity contribution in [1.82, 2.24) is 10.2 Å². The molecule has 0 aromatic heterocycles. The largest absolute Gasteiger partial charge is 0.369 e. The molecule has 4 nitrogen and oxygen atoms in total. The van der Waals surface area contributed by atoms with Gasteiger partial charge in [-0.2, -0.15) is 0 Å². The number of hydrogen-bond acceptors (Lipinski definition) is 3. The molecule has 5 heteroatoms. The number of carbonyl (C=O) groups is 1. The second kappa shape index (κ2) is 8.02. The van der Waals surface area contributed by atoms with E-state index in [0.29, 0.717) is 12.5 Å². The summed E-state index contributed by atoms with van der Waals surface area (Å²) in [6.07, 6.45) is 0. The quantitative estimate of drug-likeness (QED) is 0.897. The van der Waals surface area contributed by atoms with Crippen LogP contribution in [-0.4, -0.2) is 49.6 Å². The van der Waals surface area contributed by atoms with Crippen LogP contribution >= 0.6 is 11.6 Å². The molecule has 1 saturated heterocycles. The van der Waals surface area contributed by atoms with Gasteiger partial charge in [-0.25, -0.2) is 0 Å². The van der Waals surface area contributed by atoms with Crippen LogP contribution in [0.5, 0.6) is 0 Å². The third-order valence-electron chi connectivity index (χ3n) is 4.64. The van der Waals surface area contributed by atoms with Gasteiger partial charge in [0.15, 0.2) is 0 Å². The van der Waals surface area contributed by atoms with Crippen LogP contribution in [-0.2, 0) is 4.79 Å². The van der Waals surface area contributed by atoms with Crippen LogP contribution < -0.4 is 10.2 Å². The summed E-state index contributed by atoms with van der Waals surface area (Å²) in [7, 11) is 0. The van der Waals surface area contributed by atoms with E-state index in [9.17, 15) is 4.79 Å². The van der Waals surface area contributed by atoms with Crippen molar-refractivity contribution in [3.63, 3.8) is 0 Å². The fraction of sp³-hybridized carbons (Fsp3) is 0.611. The van der Waals surface area contributed by atoms with Crippen molar-refractivity contribution in [3.8, 4) is 0 Å². The summed E-state index contributed by atoms with van der Waals surface area (Å²) in [5.41, 5.74) is 2.45. The normalized spacial score (nSPS) is 17.4. The Morgan fingerprint density at radius 3 is 2.48 bits per heavy atom. The molecule has 1 atom stereocenters. The Morgan fingerprint density at radius 1 is 1.22 bits per heavy atom. The highest BCUT2D eigenvalue weighted by molar-refractivity contribution is 6.30. The van der Waals surface area contributed by atoms with Crippen molar-refractivity contribution in [2.75, 3.05) is 37.6 Å². The smallest absolute Gasteiger partial charge is 0.234 e. The van der Waals surface area contributed by atoms with Gasteiger partial charge in [-0.3, -0.25) is 9.69 Å². The van der Waals surface area contributed by atoms with Gasteiger partial charge in [0.05, 0.1) is 6.54 Å². The van der Waals surface area contributed by atoms with Crippen molar-refractivity contribution in [3.05, 3.63) is 28.8 Å². The van der Waals surface area contributed by atoms with Crippen LogP contribution in [0.1, 0.15) is 26.3 Å². The van der Waals surface area contributed by atoms with E-state index in [1.807, 2.05) is 12.1 Å². The fourth-order valence-corrected chi connectivity index (χ4v) is 2.91. The standard InChI is InChI=1S/C18H28ClN3O/c1-13(2)15(4)20-18(23)12-21-7-9-22(10-8-21)17-11-16(19)6-5-14(17)3/h5-6,11,13,15H,7-10,12H2,1-4H3,(H,20,23)/t15-/m1/s1. The van der Waals surface area contributed by atoms with Crippen molar-refractivity contribution in [1.29, 1.82) is 0 Å². The maximum absolute atomic E-state index is 12.1. The molecule has 0 radical (unpaired) electrons. The van der Waals surface area contributed by atoms with Crippen LogP contribution in [0.2, 0.25) is 5.02 Å². The summed E-state index contributed by atoms with van der Waals surface area (Å²) in [5.74, 6) is 0.584. The third-order valence-corrected chi connectivity index (χ3v) is 4.88. The van der Waals surface area contributed by atoms with Gasteiger partial charge >= 0.3 is 0 Å². The molecule has 0 unspecified atom stereocenters. The number of nitrogens with zero attached hydrogens (tertiary/aromatic N) is 2. The van der Waals surface area contributed by atoms with Crippen molar-refractivity contribution in [2.24, 2.45) is 5.92 Å². The van der Waals surface area contributed by atoms with Gasteiger partial charge in [-0.15, -0.1) is 0 Å². The van der Waals surface area contributed by atoms with Crippen LogP contribution in [0.4, 0.5) is 5.69 Å². The number of benzene rings is 1. The molecular weight excluding hydrogens is 310 g/mol. The number of rotatable bonds is 5. The summed E-state index contributed by atoms with van der Waals surface area (Å²) in [6.45, 7) is 12.5. The zero-order chi connectivity index (χ0) is 17.0. The molecule has 2 rings (SSSR count). The maximum atomic E-state index is 12.1. The first-order chi connectivity index (χ1) is 10.9. The Hall–Kier alpha value is -1.26. The van der Waals surface area contributed by atoms with Crippen LogP contribution in [0.15, 0.2) is 18.2 Å². The number of piperazine rings is 1. The molecule has 0 saturated carbocycles. The minimum atomic E-state index is 0.124. The second-order valence-electron chi connectivity index (χ2n) is 6.79. The molecule has 1 heterocycles. The number of halogens is 1. The number of nitrogens with one attached hydrogen (secondary N) is 1. The minimum Gasteiger partial charge on any atom is -0.369 e. The van der Waals surface area contributed by atoms with Crippen molar-refractivity contribution >= 4 is 23.2 Å². The number of hydrogen-bond donors (Lipinski definition) is 1. The molecule has 1 N–H and O–H groups in total. The predicted molar refractivity (Wildman–Crippen MR) is 97.3 cm³/mol. The molecule has 0 spiro atoms. The monoisotopic (exact) mass is 337 g/mol. The SMILES string of the molecule is Cc1ccc(Cl)cc1N1CCN(CC(=O)N[C@H](C)C(C)C)CC1. The Balaban J connectivity index is 1.84. The average Bonchev–Trinajstić information content (AvgIpc) is 2.50. The van der Waals surface area contributed by atoms with Gasteiger partial charge in [0.2, 0.25) is 5.91 Å². The van der Waals surface area contributed by atoms with E-state index in [2.05, 4.69) is 48.9 Å². The molecule has 1 amide bonds. The van der Waals surface area contributed by atoms with E-state index in [-0.39, 0.29) is 11.9 Å². The van der Waals surface area contributed by atoms with Crippen LogP contribution in [0.25, 0.3) is 0 Å². The molecule has 23 heavy (non-hydrogen) atoms. The molecule has 0 aliphatic carbocycles. The van der Waals surface area contributed by atoms with Crippen molar-refractivity contribution < 1.29 is 4.79 Å². The Bertz CT molecular complexity index is 539. The molecule has 1 aliphatic heterocycles. The number of carbonyl (C=O) groups excluding carboxylic acids is 1. The van der Waals surface area contributed by atoms with Crippen molar-refractivity contribution in [2.45, 2.75) is 33.7 Å². The zero-order valence-corrected chi connectivity index (χ0v) is 15.4. The van der Waals surface area contributed by atoms with Gasteiger partial charge in [0, 0.05) is 42.9 Å². The molecule has 1 aromatic rings. The lowest BCUT2D eigenvalue weighted by molar-refractivity contribution is -0.123. The molecule has 1 aromatic carbocycles. The van der Waals surface area contributed by atoms with Gasteiger partial charge in [0.25, 0.3) is 0 Å². The average molecular weight is 338 g/mol. The molecule has 1 aliphatic rings. The number of aryl methyl sites for hydroxylation is 1. The molecule has 1 fully saturated rings. The lowest BCUT2D eigenvalue weighted by Crippen LogP contribution is -2.50. The van der Waals surface area contributed by atoms with Gasteiger partial charge in [-0.05, 0) is 37.5 Å². The Labute approximate surface area is 144 Å². The Morgan fingerprint density at radius 2 is 1.87 bits per heavy atom. The number of amides is 1. The lowest BCUT2D eigenvalue weighted by atomic mass is 10.1. The van der Waals surface area contributed by atoms with E-state index < -0.39 is 0 Å². The summed E-state index contributed by atoms with van der Waals surface area (Å²) in [5, 5.41) is 3.85. The van der Waals surface area contributed by atoms with E-state index in [0.717, 1.165) is 31.2 Å². The van der Waals surface area contributed by atoms with E-state index in [4.69, 9.17) is 11.6 Å². The first-order valence-electron chi connectivity index (χ1n) is 8.39. The summed E-state index contributed by atoms with van der Waals surface area (Å²) in [4.78, 5) is 16.7. The molecule has 128 valence electrons. The highest BCUT2D eigenvalue weighted by Crippen LogP contribution is 2.25. The fourth-order valence-electron chi connectivity index (χ4n) is 2.74. The first-order valence-corrected chi connectivity index (χ1v) is 8.77. The molecular formula is C18H28ClN3O. The van der Waals surface area contributed by atoms with Crippen LogP contribution in [0.3, 0.4) is 0 Å². The highest BCUT2D eigenvalue weighted by atomic mass is 35.5. The third kappa shape index (κ3) is 5.11. The van der Waals surface area contributed by atoms with Crippen LogP contribution in [0, 0.1) is 12.8 Å². The van der Waals surface area contributed by atoms with Gasteiger partial charge in [-0.1, -0.05) is 31.5 Å². The minimum absolute atomic E-state index is 0.124. The summed E-state index contributed by atoms with van der Waals surface area (Å²) in [6, 6.07) is 6.24. The molecule has 0 bridgehead atoms. The maximum Gasteiger partial charge on any atom is 0.234 e. The van der Waals surface area contributed by atoms with E-state index >= 15 is 0 Å². The van der Waals surface area contributed by atoms with Gasteiger partial charge < -0.3 is 10.2 Å².